The maximum atomic E-state index is 6.47. The van der Waals surface area contributed by atoms with Gasteiger partial charge in [0.15, 0.2) is 0 Å². The topological polar surface area (TPSA) is 22.9 Å². The number of anilines is 9. The van der Waals surface area contributed by atoms with Crippen molar-refractivity contribution in [1.29, 1.82) is 0 Å². The summed E-state index contributed by atoms with van der Waals surface area (Å²) in [6, 6.07) is 92.7. The van der Waals surface area contributed by atoms with E-state index in [1.54, 1.807) is 0 Å². The molecule has 14 rings (SSSR count). The second-order valence-corrected chi connectivity index (χ2v) is 25.8. The van der Waals surface area contributed by atoms with Crippen molar-refractivity contribution in [3.05, 3.63) is 265 Å². The summed E-state index contributed by atoms with van der Waals surface area (Å²) in [5.74, 6) is 0. The monoisotopic (exact) mass is 1070 g/mol. The summed E-state index contributed by atoms with van der Waals surface area (Å²) in [5, 5.41) is 2.27. The van der Waals surface area contributed by atoms with Crippen molar-refractivity contribution in [2.45, 2.75) is 78.6 Å². The quantitative estimate of drug-likeness (QED) is 0.141. The van der Waals surface area contributed by atoms with Gasteiger partial charge in [0.25, 0.3) is 6.71 Å². The lowest BCUT2D eigenvalue weighted by molar-refractivity contribution is 0.590. The molecule has 0 bridgehead atoms. The van der Waals surface area contributed by atoms with Crippen molar-refractivity contribution in [2.24, 2.45) is 0 Å². The van der Waals surface area contributed by atoms with Gasteiger partial charge in [-0.15, -0.1) is 0 Å². The molecule has 0 N–H and O–H groups in total. The Bertz CT molecular complexity index is 4350. The van der Waals surface area contributed by atoms with Crippen LogP contribution in [0.15, 0.2) is 253 Å². The third-order valence-corrected chi connectivity index (χ3v) is 17.4. The van der Waals surface area contributed by atoms with Crippen LogP contribution < -0.4 is 31.1 Å². The smallest absolute Gasteiger partial charge is 0.252 e. The zero-order chi connectivity index (χ0) is 56.9. The van der Waals surface area contributed by atoms with Gasteiger partial charge in [-0.25, -0.2) is 0 Å². The highest BCUT2D eigenvalue weighted by Crippen LogP contribution is 2.48. The van der Waals surface area contributed by atoms with Crippen LogP contribution in [-0.2, 0) is 16.2 Å². The van der Waals surface area contributed by atoms with Gasteiger partial charge in [0.2, 0.25) is 0 Å². The summed E-state index contributed by atoms with van der Waals surface area (Å²) in [5.41, 5.74) is 26.8. The lowest BCUT2D eigenvalue weighted by Crippen LogP contribution is -2.61. The maximum Gasteiger partial charge on any atom is 0.252 e. The van der Waals surface area contributed by atoms with Gasteiger partial charge in [-0.1, -0.05) is 226 Å². The van der Waals surface area contributed by atoms with E-state index in [-0.39, 0.29) is 23.0 Å². The van der Waals surface area contributed by atoms with Gasteiger partial charge in [-0.05, 0) is 162 Å². The zero-order valence-electron chi connectivity index (χ0n) is 49.0. The average Bonchev–Trinajstić information content (AvgIpc) is 2.52. The lowest BCUT2D eigenvalue weighted by Gasteiger charge is -2.44. The average molecular weight is 1070 g/mol. The van der Waals surface area contributed by atoms with E-state index in [2.05, 4.69) is 320 Å². The number of nitrogens with zero attached hydrogens (tertiary/aromatic N) is 3. The van der Waals surface area contributed by atoms with E-state index in [0.717, 1.165) is 84.0 Å². The SMILES string of the molecule is CC(C)(C)c1ccc(N(c2ccc(C(C)(C)C)cc2)c2ccc3c(c2)N(c2ccc(-c4ccc(-c5cccc6c5oc5ccccc56)cc4)cc2)c2cccc4c2B3c2cc(-c3ccccc3)ccc2N4c2ccc(C(C)(C)C)cc2)cc1. The van der Waals surface area contributed by atoms with Crippen molar-refractivity contribution in [2.75, 3.05) is 14.7 Å². The van der Waals surface area contributed by atoms with Gasteiger partial charge in [-0.3, -0.25) is 0 Å². The van der Waals surface area contributed by atoms with Crippen LogP contribution in [0.5, 0.6) is 0 Å². The van der Waals surface area contributed by atoms with Crippen LogP contribution in [-0.4, -0.2) is 6.71 Å². The summed E-state index contributed by atoms with van der Waals surface area (Å²) in [6.07, 6.45) is 0. The fraction of sp³-hybridized carbons (Fsp3) is 0.154. The fourth-order valence-electron chi connectivity index (χ4n) is 12.8. The molecule has 2 aliphatic heterocycles. The summed E-state index contributed by atoms with van der Waals surface area (Å²) >= 11 is 0. The Morgan fingerprint density at radius 3 is 1.41 bits per heavy atom. The molecule has 83 heavy (non-hydrogen) atoms. The second-order valence-electron chi connectivity index (χ2n) is 25.8. The van der Waals surface area contributed by atoms with E-state index in [9.17, 15) is 0 Å². The molecule has 0 atom stereocenters. The molecule has 1 aromatic heterocycles. The normalized spacial score (nSPS) is 13.0. The molecule has 11 aromatic carbocycles. The van der Waals surface area contributed by atoms with Gasteiger partial charge in [0, 0.05) is 67.5 Å². The molecule has 2 aliphatic rings. The third-order valence-electron chi connectivity index (χ3n) is 17.4. The number of hydrogen-bond acceptors (Lipinski definition) is 4. The molecule has 0 spiro atoms. The Labute approximate surface area is 490 Å². The van der Waals surface area contributed by atoms with Gasteiger partial charge in [0.05, 0.1) is 0 Å². The van der Waals surface area contributed by atoms with Crippen LogP contribution in [0.25, 0.3) is 55.3 Å². The molecule has 5 heteroatoms. The predicted molar refractivity (Wildman–Crippen MR) is 355 cm³/mol. The van der Waals surface area contributed by atoms with Crippen LogP contribution in [0, 0.1) is 0 Å². The van der Waals surface area contributed by atoms with Crippen molar-refractivity contribution < 1.29 is 4.42 Å². The number of benzene rings is 11. The minimum Gasteiger partial charge on any atom is -0.455 e. The van der Waals surface area contributed by atoms with E-state index >= 15 is 0 Å². The van der Waals surface area contributed by atoms with Crippen molar-refractivity contribution in [3.63, 3.8) is 0 Å². The molecule has 404 valence electrons. The molecule has 0 amide bonds. The second kappa shape index (κ2) is 19.7. The number of hydrogen-bond donors (Lipinski definition) is 0. The number of fused-ring (bicyclic) bond motifs is 7. The molecule has 4 nitrogen and oxygen atoms in total. The van der Waals surface area contributed by atoms with Gasteiger partial charge < -0.3 is 19.1 Å². The Hall–Kier alpha value is -9.32. The Morgan fingerprint density at radius 2 is 0.807 bits per heavy atom. The van der Waals surface area contributed by atoms with E-state index in [4.69, 9.17) is 4.42 Å². The first-order valence-electron chi connectivity index (χ1n) is 29.3. The molecule has 0 saturated heterocycles. The first-order chi connectivity index (χ1) is 40.0. The molecule has 12 aromatic rings. The molecular formula is C78H68BN3O. The molecule has 0 saturated carbocycles. The molecule has 0 fully saturated rings. The van der Waals surface area contributed by atoms with Gasteiger partial charge in [0.1, 0.15) is 11.2 Å². The zero-order valence-corrected chi connectivity index (χ0v) is 49.0. The summed E-state index contributed by atoms with van der Waals surface area (Å²) in [6.45, 7) is 20.5. The summed E-state index contributed by atoms with van der Waals surface area (Å²) in [4.78, 5) is 7.48. The Balaban J connectivity index is 0.947. The minimum absolute atomic E-state index is 0.0167. The third kappa shape index (κ3) is 9.11. The van der Waals surface area contributed by atoms with Crippen molar-refractivity contribution in [3.8, 4) is 33.4 Å². The highest BCUT2D eigenvalue weighted by Gasteiger charge is 2.44. The summed E-state index contributed by atoms with van der Waals surface area (Å²) in [7, 11) is 0. The van der Waals surface area contributed by atoms with Crippen molar-refractivity contribution in [1.82, 2.24) is 0 Å². The van der Waals surface area contributed by atoms with E-state index in [1.807, 2.05) is 6.07 Å². The molecule has 0 radical (unpaired) electrons. The van der Waals surface area contributed by atoms with Gasteiger partial charge in [-0.2, -0.15) is 0 Å². The maximum absolute atomic E-state index is 6.47. The highest BCUT2D eigenvalue weighted by molar-refractivity contribution is 7.00. The van der Waals surface area contributed by atoms with E-state index < -0.39 is 0 Å². The Kier molecular flexibility index (Phi) is 12.3. The van der Waals surface area contributed by atoms with Crippen LogP contribution >= 0.6 is 0 Å². The fourth-order valence-corrected chi connectivity index (χ4v) is 12.8. The van der Waals surface area contributed by atoms with E-state index in [1.165, 1.54) is 55.6 Å². The molecular weight excluding hydrogens is 1010 g/mol. The van der Waals surface area contributed by atoms with Crippen molar-refractivity contribution >= 4 is 96.2 Å². The molecule has 3 heterocycles. The standard InChI is InChI=1S/C78H68BN3O/c1-76(2,3)56-32-40-59(41-33-56)80(60-42-34-57(35-43-60)77(4,5)6)63-46-47-67-72(50-63)82(61-38-29-53(30-39-61)52-25-27-54(28-26-52)64-20-15-21-66-65-19-13-14-24-73(65)83-75(64)66)71-23-16-22-70-74(71)79(67)68-49-55(51-17-11-10-12-18-51)31-48-69(68)81(70)62-44-36-58(37-45-62)78(7,8)9/h10-50H,1-9H3. The van der Waals surface area contributed by atoms with Crippen LogP contribution in [0.4, 0.5) is 51.2 Å². The number of furan rings is 1. The number of para-hydroxylation sites is 2. The predicted octanol–water partition coefficient (Wildman–Crippen LogP) is 20.0. The largest absolute Gasteiger partial charge is 0.455 e. The minimum atomic E-state index is -0.0703. The van der Waals surface area contributed by atoms with Crippen LogP contribution in [0.1, 0.15) is 79.0 Å². The first kappa shape index (κ1) is 51.8. The number of rotatable bonds is 8. The molecule has 0 aliphatic carbocycles. The molecule has 0 unspecified atom stereocenters. The lowest BCUT2D eigenvalue weighted by atomic mass is 9.33. The van der Waals surface area contributed by atoms with E-state index in [0.29, 0.717) is 0 Å². The van der Waals surface area contributed by atoms with Crippen LogP contribution in [0.2, 0.25) is 0 Å². The Morgan fingerprint density at radius 1 is 0.337 bits per heavy atom. The van der Waals surface area contributed by atoms with Crippen LogP contribution in [0.3, 0.4) is 0 Å². The highest BCUT2D eigenvalue weighted by atomic mass is 16.3. The summed E-state index contributed by atoms with van der Waals surface area (Å²) < 4.78 is 6.47. The van der Waals surface area contributed by atoms with Gasteiger partial charge >= 0.3 is 0 Å². The first-order valence-corrected chi connectivity index (χ1v) is 29.3.